The summed E-state index contributed by atoms with van der Waals surface area (Å²) in [5, 5.41) is 2.50. The van der Waals surface area contributed by atoms with Gasteiger partial charge in [0.25, 0.3) is 6.08 Å². The van der Waals surface area contributed by atoms with Crippen LogP contribution in [0.5, 0.6) is 5.88 Å². The molecule has 0 saturated carbocycles. The molecular weight excluding hydrogens is 256 g/mol. The van der Waals surface area contributed by atoms with Crippen molar-refractivity contribution in [2.24, 2.45) is 0 Å². The zero-order chi connectivity index (χ0) is 14.3. The number of aromatic nitrogens is 2. The molecule has 1 aromatic heterocycles. The van der Waals surface area contributed by atoms with E-state index in [0.29, 0.717) is 18.0 Å². The summed E-state index contributed by atoms with van der Waals surface area (Å²) in [5.74, 6) is 0.180. The van der Waals surface area contributed by atoms with Gasteiger partial charge in [-0.05, 0) is 25.8 Å². The highest BCUT2D eigenvalue weighted by Crippen LogP contribution is 2.12. The first-order valence-electron chi connectivity index (χ1n) is 5.72. The lowest BCUT2D eigenvalue weighted by Crippen LogP contribution is -2.14. The Balaban J connectivity index is 2.48. The molecule has 0 saturated heterocycles. The first kappa shape index (κ1) is 15.0. The number of nitrogens with one attached hydrogen (secondary N) is 1. The van der Waals surface area contributed by atoms with Crippen molar-refractivity contribution >= 4 is 11.9 Å². The summed E-state index contributed by atoms with van der Waals surface area (Å²) in [6.07, 6.45) is -0.310. The topological polar surface area (TPSA) is 64.1 Å². The lowest BCUT2D eigenvalue weighted by Gasteiger charge is -2.06. The number of unbranched alkanes of at least 4 members (excludes halogenated alkanes) is 1. The van der Waals surface area contributed by atoms with Crippen molar-refractivity contribution in [1.82, 2.24) is 9.97 Å². The molecule has 1 aromatic rings. The maximum absolute atomic E-state index is 11.8. The van der Waals surface area contributed by atoms with E-state index in [1.165, 1.54) is 7.11 Å². The van der Waals surface area contributed by atoms with Crippen LogP contribution in [0.2, 0.25) is 0 Å². The monoisotopic (exact) mass is 271 g/mol. The minimum Gasteiger partial charge on any atom is -0.481 e. The van der Waals surface area contributed by atoms with Gasteiger partial charge in [-0.25, -0.2) is 4.98 Å². The second-order valence-corrected chi connectivity index (χ2v) is 3.81. The molecule has 0 bridgehead atoms. The summed E-state index contributed by atoms with van der Waals surface area (Å²) < 4.78 is 28.5. The second kappa shape index (κ2) is 7.40. The van der Waals surface area contributed by atoms with Crippen molar-refractivity contribution in [3.05, 3.63) is 23.9 Å². The number of nitrogens with zero attached hydrogens (tertiary/aromatic N) is 2. The maximum Gasteiger partial charge on any atom is 0.266 e. The quantitative estimate of drug-likeness (QED) is 0.808. The predicted octanol–water partition coefficient (Wildman–Crippen LogP) is 2.68. The van der Waals surface area contributed by atoms with Crippen molar-refractivity contribution < 1.29 is 18.3 Å². The van der Waals surface area contributed by atoms with Gasteiger partial charge in [0.05, 0.1) is 7.11 Å². The van der Waals surface area contributed by atoms with E-state index in [2.05, 4.69) is 15.3 Å². The fourth-order valence-corrected chi connectivity index (χ4v) is 1.36. The molecule has 1 N–H and O–H groups in total. The van der Waals surface area contributed by atoms with Crippen LogP contribution in [0, 0.1) is 6.92 Å². The molecule has 1 amide bonds. The summed E-state index contributed by atoms with van der Waals surface area (Å²) >= 11 is 0. The first-order chi connectivity index (χ1) is 9.01. The van der Waals surface area contributed by atoms with E-state index in [4.69, 9.17) is 4.74 Å². The minimum absolute atomic E-state index is 0.128. The number of carbonyl (C=O) groups excluding carboxylic acids is 1. The molecule has 0 spiro atoms. The molecular formula is C12H15F2N3O2. The molecule has 0 aromatic carbocycles. The molecule has 5 nitrogen and oxygen atoms in total. The van der Waals surface area contributed by atoms with Gasteiger partial charge in [-0.3, -0.25) is 10.1 Å². The lowest BCUT2D eigenvalue weighted by molar-refractivity contribution is -0.116. The fraction of sp³-hybridized carbons (Fsp3) is 0.417. The number of methoxy groups -OCH3 is 1. The van der Waals surface area contributed by atoms with Crippen LogP contribution >= 0.6 is 0 Å². The normalized spacial score (nSPS) is 9.89. The Morgan fingerprint density at radius 2 is 2.21 bits per heavy atom. The Labute approximate surface area is 109 Å². The van der Waals surface area contributed by atoms with Crippen molar-refractivity contribution in [3.63, 3.8) is 0 Å². The number of hydrogen-bond donors (Lipinski definition) is 1. The lowest BCUT2D eigenvalue weighted by atomic mass is 10.2. The van der Waals surface area contributed by atoms with Gasteiger partial charge in [0.2, 0.25) is 17.7 Å². The van der Waals surface area contributed by atoms with E-state index in [0.717, 1.165) is 6.08 Å². The van der Waals surface area contributed by atoms with Crippen LogP contribution in [0.25, 0.3) is 0 Å². The summed E-state index contributed by atoms with van der Waals surface area (Å²) in [5.41, 5.74) is 0.657. The van der Waals surface area contributed by atoms with Gasteiger partial charge in [-0.2, -0.15) is 13.8 Å². The Morgan fingerprint density at radius 3 is 2.84 bits per heavy atom. The van der Waals surface area contributed by atoms with Gasteiger partial charge in [0.1, 0.15) is 0 Å². The highest BCUT2D eigenvalue weighted by molar-refractivity contribution is 5.88. The van der Waals surface area contributed by atoms with Crippen molar-refractivity contribution in [2.75, 3.05) is 12.4 Å². The number of allylic oxidation sites excluding steroid dienone is 1. The summed E-state index contributed by atoms with van der Waals surface area (Å²) in [4.78, 5) is 19.5. The molecule has 19 heavy (non-hydrogen) atoms. The Kier molecular flexibility index (Phi) is 5.84. The smallest absolute Gasteiger partial charge is 0.266 e. The molecule has 104 valence electrons. The Bertz CT molecular complexity index is 474. The average Bonchev–Trinajstić information content (AvgIpc) is 2.33. The van der Waals surface area contributed by atoms with Gasteiger partial charge in [-0.15, -0.1) is 0 Å². The summed E-state index contributed by atoms with van der Waals surface area (Å²) in [7, 11) is 1.46. The molecule has 0 radical (unpaired) electrons. The number of aryl methyl sites for hydroxylation is 1. The Morgan fingerprint density at radius 1 is 1.47 bits per heavy atom. The SMILES string of the molecule is COc1cc(C)nc(NC(=O)CCCC=C(F)F)n1. The molecule has 0 unspecified atom stereocenters. The largest absolute Gasteiger partial charge is 0.481 e. The van der Waals surface area contributed by atoms with E-state index < -0.39 is 6.08 Å². The average molecular weight is 271 g/mol. The van der Waals surface area contributed by atoms with Crippen LogP contribution in [0.3, 0.4) is 0 Å². The summed E-state index contributed by atoms with van der Waals surface area (Å²) in [6.45, 7) is 1.74. The molecule has 0 aliphatic heterocycles. The van der Waals surface area contributed by atoms with E-state index in [-0.39, 0.29) is 24.7 Å². The molecule has 0 atom stereocenters. The summed E-state index contributed by atoms with van der Waals surface area (Å²) in [6, 6.07) is 1.63. The van der Waals surface area contributed by atoms with Gasteiger partial charge in [0, 0.05) is 18.2 Å². The van der Waals surface area contributed by atoms with Crippen LogP contribution in [0.4, 0.5) is 14.7 Å². The first-order valence-corrected chi connectivity index (χ1v) is 5.72. The second-order valence-electron chi connectivity index (χ2n) is 3.81. The molecule has 7 heteroatoms. The third kappa shape index (κ3) is 5.89. The highest BCUT2D eigenvalue weighted by atomic mass is 19.3. The van der Waals surface area contributed by atoms with Crippen LogP contribution in [-0.4, -0.2) is 23.0 Å². The van der Waals surface area contributed by atoms with Crippen LogP contribution in [-0.2, 0) is 4.79 Å². The van der Waals surface area contributed by atoms with E-state index >= 15 is 0 Å². The number of ether oxygens (including phenoxy) is 1. The predicted molar refractivity (Wildman–Crippen MR) is 66.1 cm³/mol. The van der Waals surface area contributed by atoms with E-state index in [1.807, 2.05) is 0 Å². The number of hydrogen-bond acceptors (Lipinski definition) is 4. The van der Waals surface area contributed by atoms with Gasteiger partial charge < -0.3 is 4.74 Å². The Hall–Kier alpha value is -2.05. The van der Waals surface area contributed by atoms with Crippen molar-refractivity contribution in [1.29, 1.82) is 0 Å². The third-order valence-electron chi connectivity index (χ3n) is 2.20. The molecule has 1 rings (SSSR count). The zero-order valence-electron chi connectivity index (χ0n) is 10.7. The number of halogens is 2. The third-order valence-corrected chi connectivity index (χ3v) is 2.20. The van der Waals surface area contributed by atoms with Crippen LogP contribution < -0.4 is 10.1 Å². The van der Waals surface area contributed by atoms with Gasteiger partial charge in [0.15, 0.2) is 0 Å². The zero-order valence-corrected chi connectivity index (χ0v) is 10.7. The fourth-order valence-electron chi connectivity index (χ4n) is 1.36. The van der Waals surface area contributed by atoms with Crippen molar-refractivity contribution in [2.45, 2.75) is 26.2 Å². The van der Waals surface area contributed by atoms with Crippen LogP contribution in [0.1, 0.15) is 25.0 Å². The number of anilines is 1. The van der Waals surface area contributed by atoms with Crippen molar-refractivity contribution in [3.8, 4) is 5.88 Å². The van der Waals surface area contributed by atoms with E-state index in [1.54, 1.807) is 13.0 Å². The van der Waals surface area contributed by atoms with Gasteiger partial charge >= 0.3 is 0 Å². The van der Waals surface area contributed by atoms with Gasteiger partial charge in [-0.1, -0.05) is 0 Å². The minimum atomic E-state index is -1.73. The number of carbonyl (C=O) groups is 1. The maximum atomic E-state index is 11.8. The molecule has 1 heterocycles. The standard InChI is InChI=1S/C12H15F2N3O2/c1-8-7-11(19-2)17-12(15-8)16-10(18)6-4-3-5-9(13)14/h5,7H,3-4,6H2,1-2H3,(H,15,16,17,18). The molecule has 0 aliphatic carbocycles. The molecule has 0 fully saturated rings. The van der Waals surface area contributed by atoms with Crippen LogP contribution in [0.15, 0.2) is 18.2 Å². The highest BCUT2D eigenvalue weighted by Gasteiger charge is 2.06. The van der Waals surface area contributed by atoms with E-state index in [9.17, 15) is 13.6 Å². The number of rotatable bonds is 6. The number of amides is 1. The molecule has 0 aliphatic rings.